The molecule has 0 spiro atoms. The van der Waals surface area contributed by atoms with Crippen molar-refractivity contribution in [2.75, 3.05) is 27.3 Å². The summed E-state index contributed by atoms with van der Waals surface area (Å²) in [7, 11) is 3.09. The van der Waals surface area contributed by atoms with Gasteiger partial charge in [-0.2, -0.15) is 9.97 Å². The highest BCUT2D eigenvalue weighted by Gasteiger charge is 2.21. The van der Waals surface area contributed by atoms with Crippen molar-refractivity contribution < 1.29 is 19.5 Å². The summed E-state index contributed by atoms with van der Waals surface area (Å²) in [5.74, 6) is -0.0268. The molecule has 0 bridgehead atoms. The first kappa shape index (κ1) is 18.2. The third kappa shape index (κ3) is 4.95. The van der Waals surface area contributed by atoms with Crippen molar-refractivity contribution in [3.63, 3.8) is 0 Å². The summed E-state index contributed by atoms with van der Waals surface area (Å²) >= 11 is 0. The van der Waals surface area contributed by atoms with Gasteiger partial charge in [-0.05, 0) is 12.8 Å². The van der Waals surface area contributed by atoms with E-state index in [1.54, 1.807) is 18.7 Å². The molecule has 2 aromatic heterocycles. The largest absolute Gasteiger partial charge is 0.444 e. The molecular weight excluding hydrogens is 314 g/mol. The minimum Gasteiger partial charge on any atom is -0.444 e. The fraction of sp³-hybridized carbons (Fsp3) is 0.600. The van der Waals surface area contributed by atoms with Gasteiger partial charge in [0.05, 0.1) is 12.5 Å². The first-order valence-corrected chi connectivity index (χ1v) is 7.90. The van der Waals surface area contributed by atoms with Crippen LogP contribution in [0.5, 0.6) is 0 Å². The molecule has 24 heavy (non-hydrogen) atoms. The summed E-state index contributed by atoms with van der Waals surface area (Å²) in [6, 6.07) is 0. The van der Waals surface area contributed by atoms with Gasteiger partial charge in [-0.1, -0.05) is 6.92 Å². The van der Waals surface area contributed by atoms with E-state index in [9.17, 15) is 10.0 Å². The van der Waals surface area contributed by atoms with Crippen molar-refractivity contribution in [3.8, 4) is 0 Å². The highest BCUT2D eigenvalue weighted by atomic mass is 16.5. The molecule has 0 saturated carbocycles. The van der Waals surface area contributed by atoms with Gasteiger partial charge in [-0.15, -0.1) is 4.65 Å². The zero-order valence-electron chi connectivity index (χ0n) is 14.3. The molecule has 3 heterocycles. The first-order valence-electron chi connectivity index (χ1n) is 7.90. The van der Waals surface area contributed by atoms with Gasteiger partial charge in [0, 0.05) is 19.6 Å². The van der Waals surface area contributed by atoms with Gasteiger partial charge in [-0.25, -0.2) is 10.2 Å². The van der Waals surface area contributed by atoms with Gasteiger partial charge >= 0.3 is 11.9 Å². The van der Waals surface area contributed by atoms with Crippen molar-refractivity contribution in [1.82, 2.24) is 24.2 Å². The second-order valence-corrected chi connectivity index (χ2v) is 5.85. The SMILES string of the molecule is C1COC1.CCCC(=O)OCn1cnc2cnc([N+](C)(C)O)nc21. The Hall–Kier alpha value is -2.10. The summed E-state index contributed by atoms with van der Waals surface area (Å²) in [4.78, 5) is 23.8. The summed E-state index contributed by atoms with van der Waals surface area (Å²) in [5.41, 5.74) is 1.09. The lowest BCUT2D eigenvalue weighted by molar-refractivity contribution is -0.147. The summed E-state index contributed by atoms with van der Waals surface area (Å²) in [6.07, 6.45) is 5.46. The number of quaternary nitrogens is 1. The van der Waals surface area contributed by atoms with Crippen LogP contribution in [0, 0.1) is 0 Å². The molecule has 2 aromatic rings. The number of aromatic nitrogens is 4. The maximum absolute atomic E-state index is 11.4. The normalized spacial score (nSPS) is 13.8. The summed E-state index contributed by atoms with van der Waals surface area (Å²) in [6.45, 7) is 3.96. The van der Waals surface area contributed by atoms with E-state index in [4.69, 9.17) is 9.47 Å². The molecule has 1 aliphatic heterocycles. The number of carbonyl (C=O) groups excluding carboxylic acids is 1. The molecule has 9 heteroatoms. The van der Waals surface area contributed by atoms with Crippen LogP contribution in [0.2, 0.25) is 0 Å². The van der Waals surface area contributed by atoms with E-state index >= 15 is 0 Å². The number of hydrogen-bond acceptors (Lipinski definition) is 7. The maximum atomic E-state index is 11.4. The van der Waals surface area contributed by atoms with Crippen LogP contribution >= 0.6 is 0 Å². The predicted molar refractivity (Wildman–Crippen MR) is 87.2 cm³/mol. The van der Waals surface area contributed by atoms with Crippen molar-refractivity contribution in [3.05, 3.63) is 12.5 Å². The zero-order valence-corrected chi connectivity index (χ0v) is 14.3. The molecule has 0 aliphatic carbocycles. The van der Waals surface area contributed by atoms with Gasteiger partial charge < -0.3 is 9.47 Å². The molecule has 9 nitrogen and oxygen atoms in total. The average molecular weight is 338 g/mol. The number of hydrogen-bond donors (Lipinski definition) is 1. The van der Waals surface area contributed by atoms with Crippen LogP contribution in [-0.4, -0.2) is 58.0 Å². The first-order chi connectivity index (χ1) is 11.4. The molecule has 0 amide bonds. The van der Waals surface area contributed by atoms with Gasteiger partial charge in [0.25, 0.3) is 0 Å². The molecule has 0 atom stereocenters. The highest BCUT2D eigenvalue weighted by molar-refractivity contribution is 5.71. The van der Waals surface area contributed by atoms with E-state index in [2.05, 4.69) is 15.0 Å². The number of esters is 1. The second kappa shape index (κ2) is 8.13. The molecule has 0 aromatic carbocycles. The summed E-state index contributed by atoms with van der Waals surface area (Å²) < 4.78 is 11.0. The quantitative estimate of drug-likeness (QED) is 0.501. The van der Waals surface area contributed by atoms with E-state index in [1.807, 2.05) is 6.92 Å². The number of imidazole rings is 1. The topological polar surface area (TPSA) is 99.4 Å². The average Bonchev–Trinajstić information content (AvgIpc) is 2.85. The number of hydroxylamine groups is 2. The highest BCUT2D eigenvalue weighted by Crippen LogP contribution is 2.15. The van der Waals surface area contributed by atoms with Gasteiger partial charge in [0.15, 0.2) is 12.4 Å². The van der Waals surface area contributed by atoms with Crippen LogP contribution in [0.4, 0.5) is 5.95 Å². The molecule has 1 N–H and O–H groups in total. The fourth-order valence-corrected chi connectivity index (χ4v) is 1.77. The third-order valence-electron chi connectivity index (χ3n) is 3.23. The van der Waals surface area contributed by atoms with Gasteiger partial charge in [0.2, 0.25) is 0 Å². The second-order valence-electron chi connectivity index (χ2n) is 5.85. The molecule has 0 radical (unpaired) electrons. The standard InChI is InChI=1S/C12H18N5O3.C3H6O/c1-4-5-10(18)20-8-16-7-14-9-6-13-12(15-11(9)16)17(2,3)19;1-2-4-3-1/h6-7,19H,4-5,8H2,1-3H3;1-3H2/q+1;. The lowest BCUT2D eigenvalue weighted by Crippen LogP contribution is -2.37. The molecule has 1 aliphatic rings. The van der Waals surface area contributed by atoms with Crippen molar-refractivity contribution in [2.24, 2.45) is 0 Å². The zero-order chi connectivity index (χ0) is 17.6. The number of rotatable bonds is 5. The minimum atomic E-state index is -0.489. The fourth-order valence-electron chi connectivity index (χ4n) is 1.77. The molecule has 132 valence electrons. The molecular formula is C15H24N5O4+. The third-order valence-corrected chi connectivity index (χ3v) is 3.23. The molecule has 3 rings (SSSR count). The van der Waals surface area contributed by atoms with Crippen LogP contribution in [-0.2, 0) is 21.0 Å². The Morgan fingerprint density at radius 3 is 2.62 bits per heavy atom. The lowest BCUT2D eigenvalue weighted by atomic mass is 10.3. The van der Waals surface area contributed by atoms with Gasteiger partial charge in [-0.3, -0.25) is 9.36 Å². The number of carbonyl (C=O) groups is 1. The van der Waals surface area contributed by atoms with E-state index in [0.29, 0.717) is 17.6 Å². The monoisotopic (exact) mass is 338 g/mol. The number of nitrogens with zero attached hydrogens (tertiary/aromatic N) is 5. The van der Waals surface area contributed by atoms with Crippen LogP contribution in [0.25, 0.3) is 11.2 Å². The molecule has 0 unspecified atom stereocenters. The Kier molecular flexibility index (Phi) is 6.18. The van der Waals surface area contributed by atoms with E-state index in [1.165, 1.54) is 18.9 Å². The minimum absolute atomic E-state index is 0.0463. The van der Waals surface area contributed by atoms with Crippen LogP contribution < -0.4 is 4.65 Å². The van der Waals surface area contributed by atoms with Crippen LogP contribution in [0.1, 0.15) is 26.2 Å². The Balaban J connectivity index is 0.000000454. The van der Waals surface area contributed by atoms with Crippen molar-refractivity contribution >= 4 is 23.1 Å². The van der Waals surface area contributed by atoms with Crippen molar-refractivity contribution in [2.45, 2.75) is 32.9 Å². The Morgan fingerprint density at radius 2 is 2.08 bits per heavy atom. The Labute approximate surface area is 140 Å². The van der Waals surface area contributed by atoms with Crippen LogP contribution in [0.3, 0.4) is 0 Å². The Bertz CT molecular complexity index is 672. The lowest BCUT2D eigenvalue weighted by Gasteiger charge is -2.15. The molecule has 1 fully saturated rings. The number of ether oxygens (including phenoxy) is 2. The number of fused-ring (bicyclic) bond motifs is 1. The van der Waals surface area contributed by atoms with E-state index in [0.717, 1.165) is 19.6 Å². The van der Waals surface area contributed by atoms with E-state index in [-0.39, 0.29) is 18.6 Å². The van der Waals surface area contributed by atoms with Crippen LogP contribution in [0.15, 0.2) is 12.5 Å². The van der Waals surface area contributed by atoms with Gasteiger partial charge in [0.1, 0.15) is 19.6 Å². The maximum Gasteiger partial charge on any atom is 0.363 e. The van der Waals surface area contributed by atoms with Crippen molar-refractivity contribution in [1.29, 1.82) is 0 Å². The summed E-state index contributed by atoms with van der Waals surface area (Å²) in [5, 5.41) is 9.86. The van der Waals surface area contributed by atoms with E-state index < -0.39 is 4.65 Å². The molecule has 1 saturated heterocycles. The Morgan fingerprint density at radius 1 is 1.42 bits per heavy atom. The predicted octanol–water partition coefficient (Wildman–Crippen LogP) is 1.49. The smallest absolute Gasteiger partial charge is 0.363 e.